The maximum atomic E-state index is 5.61. The minimum atomic E-state index is 0.657. The van der Waals surface area contributed by atoms with Crippen molar-refractivity contribution in [1.29, 1.82) is 0 Å². The molecular weight excluding hydrogens is 681 g/mol. The molecule has 0 spiro atoms. The van der Waals surface area contributed by atoms with Crippen LogP contribution in [-0.2, 0) is 0 Å². The largest absolute Gasteiger partial charge is 0.309 e. The highest BCUT2D eigenvalue weighted by atomic mass is 15.2. The van der Waals surface area contributed by atoms with E-state index in [1.165, 1.54) is 65.5 Å². The first kappa shape index (κ1) is 29.8. The van der Waals surface area contributed by atoms with Crippen molar-refractivity contribution in [2.24, 2.45) is 0 Å². The molecule has 0 saturated heterocycles. The second-order valence-corrected chi connectivity index (χ2v) is 14.9. The van der Waals surface area contributed by atoms with Gasteiger partial charge < -0.3 is 4.57 Å². The molecule has 1 aliphatic rings. The number of aromatic nitrogens is 4. The van der Waals surface area contributed by atoms with Gasteiger partial charge in [-0.2, -0.15) is 0 Å². The van der Waals surface area contributed by atoms with Gasteiger partial charge in [0.2, 0.25) is 5.95 Å². The third kappa shape index (κ3) is 3.87. The molecule has 4 nitrogen and oxygen atoms in total. The zero-order chi connectivity index (χ0) is 36.5. The van der Waals surface area contributed by atoms with Crippen LogP contribution in [0.1, 0.15) is 0 Å². The van der Waals surface area contributed by atoms with Crippen LogP contribution in [0.25, 0.3) is 121 Å². The van der Waals surface area contributed by atoms with Crippen molar-refractivity contribution in [3.05, 3.63) is 182 Å². The summed E-state index contributed by atoms with van der Waals surface area (Å²) in [6.45, 7) is 0. The van der Waals surface area contributed by atoms with Crippen molar-refractivity contribution >= 4 is 76.1 Å². The van der Waals surface area contributed by atoms with Crippen LogP contribution in [0.4, 0.5) is 0 Å². The Kier molecular flexibility index (Phi) is 5.86. The topological polar surface area (TPSA) is 35.6 Å². The maximum Gasteiger partial charge on any atom is 0.235 e. The molecule has 1 aliphatic carbocycles. The Bertz CT molecular complexity index is 3630. The van der Waals surface area contributed by atoms with Crippen molar-refractivity contribution in [2.45, 2.75) is 0 Å². The first-order valence-corrected chi connectivity index (χ1v) is 19.2. The highest BCUT2D eigenvalue weighted by molar-refractivity contribution is 6.36. The minimum absolute atomic E-state index is 0.657. The van der Waals surface area contributed by atoms with Crippen LogP contribution in [0.3, 0.4) is 0 Å². The highest BCUT2D eigenvalue weighted by Gasteiger charge is 2.30. The van der Waals surface area contributed by atoms with E-state index in [-0.39, 0.29) is 0 Å². The molecule has 3 aromatic heterocycles. The molecule has 0 atom stereocenters. The molecule has 56 heavy (non-hydrogen) atoms. The van der Waals surface area contributed by atoms with E-state index in [2.05, 4.69) is 191 Å². The molecule has 258 valence electrons. The van der Waals surface area contributed by atoms with Gasteiger partial charge in [-0.3, -0.25) is 4.57 Å². The summed E-state index contributed by atoms with van der Waals surface area (Å²) in [6.07, 6.45) is 0. The molecule has 0 unspecified atom stereocenters. The summed E-state index contributed by atoms with van der Waals surface area (Å²) >= 11 is 0. The van der Waals surface area contributed by atoms with Crippen LogP contribution in [0.2, 0.25) is 0 Å². The number of benzene rings is 9. The van der Waals surface area contributed by atoms with E-state index in [1.807, 2.05) is 0 Å². The predicted molar refractivity (Wildman–Crippen MR) is 233 cm³/mol. The van der Waals surface area contributed by atoms with Crippen molar-refractivity contribution in [3.63, 3.8) is 0 Å². The van der Waals surface area contributed by atoms with Gasteiger partial charge in [-0.05, 0) is 74.6 Å². The van der Waals surface area contributed by atoms with Gasteiger partial charge in [0.25, 0.3) is 0 Å². The van der Waals surface area contributed by atoms with Gasteiger partial charge in [0, 0.05) is 43.7 Å². The Balaban J connectivity index is 1.29. The molecule has 0 aliphatic heterocycles. The summed E-state index contributed by atoms with van der Waals surface area (Å²) in [5.41, 5.74) is 13.5. The first-order chi connectivity index (χ1) is 27.8. The normalized spacial score (nSPS) is 12.3. The van der Waals surface area contributed by atoms with E-state index < -0.39 is 0 Å². The third-order valence-electron chi connectivity index (χ3n) is 12.0. The van der Waals surface area contributed by atoms with Crippen molar-refractivity contribution in [3.8, 4) is 45.1 Å². The zero-order valence-corrected chi connectivity index (χ0v) is 30.1. The Morgan fingerprint density at radius 2 is 1.04 bits per heavy atom. The van der Waals surface area contributed by atoms with E-state index in [0.29, 0.717) is 5.95 Å². The van der Waals surface area contributed by atoms with Gasteiger partial charge in [-0.15, -0.1) is 0 Å². The molecule has 0 fully saturated rings. The molecule has 0 N–H and O–H groups in total. The zero-order valence-electron chi connectivity index (χ0n) is 30.1. The van der Waals surface area contributed by atoms with Crippen LogP contribution in [0, 0.1) is 0 Å². The highest BCUT2D eigenvalue weighted by Crippen LogP contribution is 2.53. The van der Waals surface area contributed by atoms with Crippen LogP contribution >= 0.6 is 0 Å². The van der Waals surface area contributed by atoms with Gasteiger partial charge in [0.05, 0.1) is 33.3 Å². The molecule has 9 aromatic carbocycles. The van der Waals surface area contributed by atoms with Gasteiger partial charge in [0.15, 0.2) is 0 Å². The Morgan fingerprint density at radius 3 is 1.91 bits per heavy atom. The lowest BCUT2D eigenvalue weighted by atomic mass is 9.91. The summed E-state index contributed by atoms with van der Waals surface area (Å²) in [4.78, 5) is 11.1. The summed E-state index contributed by atoms with van der Waals surface area (Å²) in [5, 5.41) is 10.8. The molecule has 13 rings (SSSR count). The maximum absolute atomic E-state index is 5.61. The predicted octanol–water partition coefficient (Wildman–Crippen LogP) is 13.4. The lowest BCUT2D eigenvalue weighted by molar-refractivity contribution is 1.01. The molecule has 4 heteroatoms. The third-order valence-corrected chi connectivity index (χ3v) is 12.0. The van der Waals surface area contributed by atoms with Gasteiger partial charge in [-0.1, -0.05) is 146 Å². The van der Waals surface area contributed by atoms with Crippen LogP contribution < -0.4 is 0 Å². The number of rotatable bonds is 3. The molecule has 0 saturated carbocycles. The number of hydrogen-bond acceptors (Lipinski definition) is 2. The van der Waals surface area contributed by atoms with Crippen molar-refractivity contribution in [2.75, 3.05) is 0 Å². The summed E-state index contributed by atoms with van der Waals surface area (Å²) < 4.78 is 4.77. The SMILES string of the molecule is c1ccc(-c2nc(-n3c4cc5c(c6c4c4c7c(cccc7ccc43)-c3ccccc3-6)c3ccccc3n5-c3ccccc3)nc3ccc4ccccc4c23)cc1. The molecular formula is C52H30N4. The number of fused-ring (bicyclic) bond motifs is 10. The molecule has 0 radical (unpaired) electrons. The average molecular weight is 711 g/mol. The molecule has 0 amide bonds. The summed E-state index contributed by atoms with van der Waals surface area (Å²) in [5.74, 6) is 0.657. The number of para-hydroxylation sites is 2. The Labute approximate surface area is 321 Å². The van der Waals surface area contributed by atoms with Gasteiger partial charge in [0.1, 0.15) is 0 Å². The summed E-state index contributed by atoms with van der Waals surface area (Å²) in [6, 6.07) is 65.8. The monoisotopic (exact) mass is 710 g/mol. The Hall–Kier alpha value is -7.56. The van der Waals surface area contributed by atoms with Crippen LogP contribution in [-0.4, -0.2) is 19.1 Å². The lowest BCUT2D eigenvalue weighted by Gasteiger charge is -2.16. The average Bonchev–Trinajstić information content (AvgIpc) is 3.74. The fourth-order valence-corrected chi connectivity index (χ4v) is 9.78. The van der Waals surface area contributed by atoms with E-state index >= 15 is 0 Å². The van der Waals surface area contributed by atoms with Crippen LogP contribution in [0.15, 0.2) is 182 Å². The summed E-state index contributed by atoms with van der Waals surface area (Å²) in [7, 11) is 0. The lowest BCUT2D eigenvalue weighted by Crippen LogP contribution is -2.04. The van der Waals surface area contributed by atoms with E-state index in [1.54, 1.807) is 0 Å². The smallest absolute Gasteiger partial charge is 0.235 e. The van der Waals surface area contributed by atoms with Gasteiger partial charge in [-0.25, -0.2) is 9.97 Å². The van der Waals surface area contributed by atoms with Crippen LogP contribution in [0.5, 0.6) is 0 Å². The number of nitrogens with zero attached hydrogens (tertiary/aromatic N) is 4. The van der Waals surface area contributed by atoms with E-state index in [9.17, 15) is 0 Å². The molecule has 12 aromatic rings. The fourth-order valence-electron chi connectivity index (χ4n) is 9.78. The molecule has 3 heterocycles. The van der Waals surface area contributed by atoms with Gasteiger partial charge >= 0.3 is 0 Å². The quantitative estimate of drug-likeness (QED) is 0.171. The number of hydrogen-bond donors (Lipinski definition) is 0. The molecule has 0 bridgehead atoms. The van der Waals surface area contributed by atoms with Crippen molar-refractivity contribution < 1.29 is 0 Å². The van der Waals surface area contributed by atoms with E-state index in [0.717, 1.165) is 49.8 Å². The van der Waals surface area contributed by atoms with E-state index in [4.69, 9.17) is 9.97 Å². The fraction of sp³-hybridized carbons (Fsp3) is 0. The Morgan fingerprint density at radius 1 is 0.357 bits per heavy atom. The minimum Gasteiger partial charge on any atom is -0.309 e. The first-order valence-electron chi connectivity index (χ1n) is 19.2. The van der Waals surface area contributed by atoms with Crippen molar-refractivity contribution in [1.82, 2.24) is 19.1 Å². The second kappa shape index (κ2) is 11.0. The standard InChI is InChI=1S/C52H30N4/c1-3-15-33(16-4-1)51-46-35-20-8-7-14-31(35)26-28-40(46)53-52(54-51)56-42-29-27-32-17-13-24-37-36-21-9-10-22-38(36)48-47-39-23-11-12-25-41(39)55(34-18-5-2-6-19-34)43(47)30-44(56)50(48)49(42)45(32)37/h1-30H. The second-order valence-electron chi connectivity index (χ2n) is 14.9.